The smallest absolute Gasteiger partial charge is 0.161 e. The van der Waals surface area contributed by atoms with E-state index >= 15 is 0 Å². The second-order valence-electron chi connectivity index (χ2n) is 4.23. The molecule has 0 fully saturated rings. The van der Waals surface area contributed by atoms with Crippen molar-refractivity contribution >= 4 is 45.1 Å². The lowest BCUT2D eigenvalue weighted by Gasteiger charge is -2.06. The van der Waals surface area contributed by atoms with Crippen molar-refractivity contribution in [2.24, 2.45) is 0 Å². The van der Waals surface area contributed by atoms with E-state index in [1.807, 2.05) is 42.5 Å². The van der Waals surface area contributed by atoms with Crippen molar-refractivity contribution in [3.05, 3.63) is 51.2 Å². The van der Waals surface area contributed by atoms with Gasteiger partial charge in [-0.05, 0) is 52.9 Å². The summed E-state index contributed by atoms with van der Waals surface area (Å²) in [4.78, 5) is 8.95. The van der Waals surface area contributed by atoms with Crippen LogP contribution in [0.4, 0.5) is 0 Å². The lowest BCUT2D eigenvalue weighted by Crippen LogP contribution is -1.93. The lowest BCUT2D eigenvalue weighted by atomic mass is 10.2. The minimum Gasteiger partial charge on any atom is -0.497 e. The van der Waals surface area contributed by atoms with Crippen LogP contribution in [0.25, 0.3) is 22.3 Å². The number of benzene rings is 2. The van der Waals surface area contributed by atoms with Gasteiger partial charge in [0.05, 0.1) is 12.6 Å². The van der Waals surface area contributed by atoms with Crippen LogP contribution in [0.3, 0.4) is 0 Å². The highest BCUT2D eigenvalue weighted by molar-refractivity contribution is 14.1. The van der Waals surface area contributed by atoms with Crippen molar-refractivity contribution in [1.29, 1.82) is 0 Å². The molecule has 2 aromatic carbocycles. The second kappa shape index (κ2) is 5.54. The summed E-state index contributed by atoms with van der Waals surface area (Å²) in [7, 11) is 1.63. The highest BCUT2D eigenvalue weighted by Crippen LogP contribution is 2.27. The standard InChI is InChI=1S/C15H10ClIN2O/c1-20-11-4-2-3-9(7-11)15-18-13-6-5-10(17)8-12(13)14(16)19-15/h2-8H,1H3. The summed E-state index contributed by atoms with van der Waals surface area (Å²) in [6.45, 7) is 0. The van der Waals surface area contributed by atoms with Gasteiger partial charge in [-0.15, -0.1) is 0 Å². The number of fused-ring (bicyclic) bond motifs is 1. The summed E-state index contributed by atoms with van der Waals surface area (Å²) in [5, 5.41) is 1.33. The van der Waals surface area contributed by atoms with Gasteiger partial charge in [0.1, 0.15) is 10.9 Å². The predicted octanol–water partition coefficient (Wildman–Crippen LogP) is 4.56. The molecule has 0 spiro atoms. The molecule has 100 valence electrons. The molecule has 0 aliphatic heterocycles. The van der Waals surface area contributed by atoms with Crippen LogP contribution in [-0.4, -0.2) is 17.1 Å². The Hall–Kier alpha value is -1.40. The zero-order valence-corrected chi connectivity index (χ0v) is 13.5. The van der Waals surface area contributed by atoms with Crippen LogP contribution >= 0.6 is 34.2 Å². The molecular weight excluding hydrogens is 387 g/mol. The maximum atomic E-state index is 6.27. The first-order valence-electron chi connectivity index (χ1n) is 5.94. The lowest BCUT2D eigenvalue weighted by molar-refractivity contribution is 0.415. The molecule has 0 unspecified atom stereocenters. The van der Waals surface area contributed by atoms with Gasteiger partial charge < -0.3 is 4.74 Å². The number of halogens is 2. The van der Waals surface area contributed by atoms with Crippen LogP contribution in [0.1, 0.15) is 0 Å². The van der Waals surface area contributed by atoms with Gasteiger partial charge in [-0.25, -0.2) is 9.97 Å². The summed E-state index contributed by atoms with van der Waals surface area (Å²) in [6.07, 6.45) is 0. The Morgan fingerprint density at radius 2 is 1.95 bits per heavy atom. The molecule has 0 saturated heterocycles. The number of hydrogen-bond acceptors (Lipinski definition) is 3. The van der Waals surface area contributed by atoms with E-state index in [9.17, 15) is 0 Å². The highest BCUT2D eigenvalue weighted by Gasteiger charge is 2.09. The molecule has 1 heterocycles. The summed E-state index contributed by atoms with van der Waals surface area (Å²) in [6, 6.07) is 13.6. The minimum absolute atomic E-state index is 0.464. The van der Waals surface area contributed by atoms with Gasteiger partial charge >= 0.3 is 0 Å². The maximum Gasteiger partial charge on any atom is 0.161 e. The molecule has 0 aliphatic rings. The molecule has 0 N–H and O–H groups in total. The van der Waals surface area contributed by atoms with E-state index in [0.717, 1.165) is 25.8 Å². The van der Waals surface area contributed by atoms with Crippen molar-refractivity contribution in [1.82, 2.24) is 9.97 Å². The quantitative estimate of drug-likeness (QED) is 0.470. The summed E-state index contributed by atoms with van der Waals surface area (Å²) in [5.74, 6) is 1.37. The average molecular weight is 397 g/mol. The largest absolute Gasteiger partial charge is 0.497 e. The molecule has 0 atom stereocenters. The van der Waals surface area contributed by atoms with E-state index in [-0.39, 0.29) is 0 Å². The van der Waals surface area contributed by atoms with Crippen LogP contribution in [0.5, 0.6) is 5.75 Å². The molecular formula is C15H10ClIN2O. The third-order valence-corrected chi connectivity index (χ3v) is 3.90. The van der Waals surface area contributed by atoms with E-state index < -0.39 is 0 Å². The summed E-state index contributed by atoms with van der Waals surface area (Å²) >= 11 is 8.52. The van der Waals surface area contributed by atoms with Crippen LogP contribution in [0, 0.1) is 3.57 Å². The molecule has 5 heteroatoms. The number of methoxy groups -OCH3 is 1. The Balaban J connectivity index is 2.19. The number of aromatic nitrogens is 2. The molecule has 0 saturated carbocycles. The Morgan fingerprint density at radius 3 is 2.75 bits per heavy atom. The van der Waals surface area contributed by atoms with Crippen molar-refractivity contribution < 1.29 is 4.74 Å². The fourth-order valence-electron chi connectivity index (χ4n) is 1.95. The third kappa shape index (κ3) is 2.58. The van der Waals surface area contributed by atoms with Crippen LogP contribution in [0.15, 0.2) is 42.5 Å². The van der Waals surface area contributed by atoms with E-state index in [2.05, 4.69) is 32.6 Å². The van der Waals surface area contributed by atoms with Gasteiger partial charge in [-0.1, -0.05) is 23.7 Å². The maximum absolute atomic E-state index is 6.27. The Kier molecular flexibility index (Phi) is 3.76. The molecule has 3 rings (SSSR count). The van der Waals surface area contributed by atoms with E-state index in [0.29, 0.717) is 11.0 Å². The van der Waals surface area contributed by atoms with Crippen molar-refractivity contribution in [2.45, 2.75) is 0 Å². The molecule has 0 radical (unpaired) electrons. The SMILES string of the molecule is COc1cccc(-c2nc(Cl)c3cc(I)ccc3n2)c1. The third-order valence-electron chi connectivity index (χ3n) is 2.94. The Morgan fingerprint density at radius 1 is 1.10 bits per heavy atom. The molecule has 3 aromatic rings. The average Bonchev–Trinajstić information content (AvgIpc) is 2.48. The minimum atomic E-state index is 0.464. The monoisotopic (exact) mass is 396 g/mol. The van der Waals surface area contributed by atoms with Gasteiger partial charge in [-0.3, -0.25) is 0 Å². The van der Waals surface area contributed by atoms with E-state index in [1.54, 1.807) is 7.11 Å². The molecule has 1 aromatic heterocycles. The first-order chi connectivity index (χ1) is 9.67. The van der Waals surface area contributed by atoms with Crippen molar-refractivity contribution in [3.8, 4) is 17.1 Å². The number of rotatable bonds is 2. The predicted molar refractivity (Wildman–Crippen MR) is 89.3 cm³/mol. The first kappa shape index (κ1) is 13.6. The van der Waals surface area contributed by atoms with Crippen molar-refractivity contribution in [2.75, 3.05) is 7.11 Å². The fraction of sp³-hybridized carbons (Fsp3) is 0.0667. The van der Waals surface area contributed by atoms with E-state index in [4.69, 9.17) is 16.3 Å². The van der Waals surface area contributed by atoms with Gasteiger partial charge in [-0.2, -0.15) is 0 Å². The zero-order valence-electron chi connectivity index (χ0n) is 10.6. The molecule has 0 amide bonds. The first-order valence-corrected chi connectivity index (χ1v) is 7.40. The van der Waals surface area contributed by atoms with Gasteiger partial charge in [0, 0.05) is 14.5 Å². The summed E-state index contributed by atoms with van der Waals surface area (Å²) in [5.41, 5.74) is 1.72. The van der Waals surface area contributed by atoms with Gasteiger partial charge in [0.2, 0.25) is 0 Å². The van der Waals surface area contributed by atoms with Crippen LogP contribution in [-0.2, 0) is 0 Å². The fourth-order valence-corrected chi connectivity index (χ4v) is 2.68. The Labute approximate surface area is 135 Å². The van der Waals surface area contributed by atoms with Crippen molar-refractivity contribution in [3.63, 3.8) is 0 Å². The number of ether oxygens (including phenoxy) is 1. The summed E-state index contributed by atoms with van der Waals surface area (Å²) < 4.78 is 6.33. The molecule has 3 nitrogen and oxygen atoms in total. The van der Waals surface area contributed by atoms with Crippen LogP contribution < -0.4 is 4.74 Å². The molecule has 0 bridgehead atoms. The van der Waals surface area contributed by atoms with Crippen LogP contribution in [0.2, 0.25) is 5.15 Å². The second-order valence-corrected chi connectivity index (χ2v) is 5.84. The topological polar surface area (TPSA) is 35.0 Å². The zero-order chi connectivity index (χ0) is 14.1. The normalized spacial score (nSPS) is 10.8. The molecule has 20 heavy (non-hydrogen) atoms. The van der Waals surface area contributed by atoms with Gasteiger partial charge in [0.15, 0.2) is 5.82 Å². The highest BCUT2D eigenvalue weighted by atomic mass is 127. The number of nitrogens with zero attached hydrogens (tertiary/aromatic N) is 2. The molecule has 0 aliphatic carbocycles. The van der Waals surface area contributed by atoms with E-state index in [1.165, 1.54) is 0 Å². The number of hydrogen-bond donors (Lipinski definition) is 0. The Bertz CT molecular complexity index is 792. The van der Waals surface area contributed by atoms with Gasteiger partial charge in [0.25, 0.3) is 0 Å².